The van der Waals surface area contributed by atoms with Gasteiger partial charge in [-0.15, -0.1) is 0 Å². The van der Waals surface area contributed by atoms with E-state index < -0.39 is 7.26 Å². The highest BCUT2D eigenvalue weighted by Crippen LogP contribution is 2.60. The Labute approximate surface area is 177 Å². The maximum Gasteiger partial charge on any atom is 0.349 e. The molecule has 0 saturated heterocycles. The molecule has 0 aliphatic carbocycles. The fourth-order valence-corrected chi connectivity index (χ4v) is 8.02. The molecular weight excluding hydrogens is 393 g/mol. The molecule has 0 heterocycles. The van der Waals surface area contributed by atoms with E-state index >= 15 is 0 Å². The average molecular weight is 430 g/mol. The van der Waals surface area contributed by atoms with E-state index in [4.69, 9.17) is 4.74 Å². The first kappa shape index (κ1) is 26.9. The largest absolute Gasteiger partial charge is 1.00 e. The van der Waals surface area contributed by atoms with Crippen LogP contribution in [0.1, 0.15) is 66.2 Å². The van der Waals surface area contributed by atoms with Gasteiger partial charge in [0.15, 0.2) is 6.16 Å². The average Bonchev–Trinajstić information content (AvgIpc) is 2.64. The monoisotopic (exact) mass is 429 g/mol. The normalized spacial score (nSPS) is 10.9. The van der Waals surface area contributed by atoms with E-state index in [1.165, 1.54) is 63.9 Å². The first-order valence-electron chi connectivity index (χ1n) is 10.4. The quantitative estimate of drug-likeness (QED) is 0.298. The van der Waals surface area contributed by atoms with Crippen LogP contribution in [0.3, 0.4) is 0 Å². The van der Waals surface area contributed by atoms with Crippen molar-refractivity contribution >= 4 is 24.8 Å². The Balaban J connectivity index is 0.00000729. The summed E-state index contributed by atoms with van der Waals surface area (Å²) < 4.78 is 5.65. The fourth-order valence-electron chi connectivity index (χ4n) is 3.30. The van der Waals surface area contributed by atoms with Gasteiger partial charge in [0, 0.05) is 19.9 Å². The van der Waals surface area contributed by atoms with Crippen LogP contribution in [-0.4, -0.2) is 36.5 Å². The summed E-state index contributed by atoms with van der Waals surface area (Å²) in [6.07, 6.45) is 11.4. The molecule has 1 amide bonds. The minimum atomic E-state index is -1.30. The molecule has 1 rings (SSSR count). The van der Waals surface area contributed by atoms with Crippen molar-refractivity contribution in [2.75, 3.05) is 30.0 Å². The zero-order valence-corrected chi connectivity index (χ0v) is 19.6. The highest BCUT2D eigenvalue weighted by Gasteiger charge is 2.38. The number of ether oxygens (including phenoxy) is 1. The Bertz CT molecular complexity index is 556. The van der Waals surface area contributed by atoms with Crippen molar-refractivity contribution in [3.8, 4) is 5.75 Å². The summed E-state index contributed by atoms with van der Waals surface area (Å²) in [5.41, 5.74) is 0.706. The van der Waals surface area contributed by atoms with E-state index in [-0.39, 0.29) is 24.3 Å². The van der Waals surface area contributed by atoms with E-state index in [1.807, 2.05) is 0 Å². The van der Waals surface area contributed by atoms with Gasteiger partial charge in [0.2, 0.25) is 5.91 Å². The number of anilines is 1. The molecule has 0 radical (unpaired) electrons. The topological polar surface area (TPSA) is 55.4 Å². The lowest BCUT2D eigenvalue weighted by molar-refractivity contribution is -0.131. The Hall–Kier alpha value is -1.12. The van der Waals surface area contributed by atoms with E-state index in [9.17, 15) is 9.59 Å². The molecule has 28 heavy (non-hydrogen) atoms. The highest BCUT2D eigenvalue weighted by atomic mass is 35.5. The lowest BCUT2D eigenvalue weighted by Gasteiger charge is -2.27. The van der Waals surface area contributed by atoms with Gasteiger partial charge in [-0.25, -0.2) is 4.79 Å². The summed E-state index contributed by atoms with van der Waals surface area (Å²) in [6, 6.07) is 7.01. The number of amides is 1. The van der Waals surface area contributed by atoms with Gasteiger partial charge in [-0.2, -0.15) is 0 Å². The molecule has 0 aromatic heterocycles. The van der Waals surface area contributed by atoms with Crippen LogP contribution < -0.4 is 22.5 Å². The van der Waals surface area contributed by atoms with Crippen LogP contribution in [0.15, 0.2) is 24.3 Å². The lowest BCUT2D eigenvalue weighted by Crippen LogP contribution is -3.00. The number of carbonyl (C=O) groups is 2. The molecule has 1 aromatic rings. The highest BCUT2D eigenvalue weighted by molar-refractivity contribution is 7.76. The maximum atomic E-state index is 12.7. The Morgan fingerprint density at radius 2 is 1.36 bits per heavy atom. The van der Waals surface area contributed by atoms with E-state index in [1.54, 1.807) is 24.3 Å². The Kier molecular flexibility index (Phi) is 14.2. The second-order valence-electron chi connectivity index (χ2n) is 7.41. The number of esters is 1. The number of halogens is 1. The van der Waals surface area contributed by atoms with Crippen molar-refractivity contribution in [3.63, 3.8) is 0 Å². The molecule has 0 spiro atoms. The SMILES string of the molecule is CCCC[P+](CCCC)(CCCC)CC(=O)Oc1ccc(NC(C)=O)cc1.[Cl-]. The van der Waals surface area contributed by atoms with Crippen LogP contribution >= 0.6 is 7.26 Å². The number of benzene rings is 1. The molecule has 1 aromatic carbocycles. The number of nitrogens with one attached hydrogen (secondary N) is 1. The third-order valence-electron chi connectivity index (χ3n) is 4.83. The van der Waals surface area contributed by atoms with Gasteiger partial charge in [-0.05, 0) is 43.5 Å². The third-order valence-corrected chi connectivity index (χ3v) is 9.55. The zero-order valence-electron chi connectivity index (χ0n) is 17.9. The predicted molar refractivity (Wildman–Crippen MR) is 117 cm³/mol. The third kappa shape index (κ3) is 10.4. The fraction of sp³-hybridized carbons (Fsp3) is 0.636. The maximum absolute atomic E-state index is 12.7. The molecule has 0 unspecified atom stereocenters. The van der Waals surface area contributed by atoms with Gasteiger partial charge in [0.25, 0.3) is 0 Å². The number of carbonyl (C=O) groups excluding carboxylic acids is 2. The molecule has 0 fully saturated rings. The molecule has 0 atom stereocenters. The van der Waals surface area contributed by atoms with E-state index in [0.29, 0.717) is 17.6 Å². The minimum absolute atomic E-state index is 0. The molecule has 4 nitrogen and oxygen atoms in total. The van der Waals surface area contributed by atoms with Crippen molar-refractivity contribution in [2.45, 2.75) is 66.2 Å². The van der Waals surface area contributed by atoms with Gasteiger partial charge in [0.1, 0.15) is 5.75 Å². The van der Waals surface area contributed by atoms with Crippen molar-refractivity contribution < 1.29 is 26.7 Å². The summed E-state index contributed by atoms with van der Waals surface area (Å²) in [5.74, 6) is 0.338. The minimum Gasteiger partial charge on any atom is -1.00 e. The number of hydrogen-bond acceptors (Lipinski definition) is 3. The van der Waals surface area contributed by atoms with Gasteiger partial charge in [0.05, 0.1) is 18.5 Å². The zero-order chi connectivity index (χ0) is 20.1. The summed E-state index contributed by atoms with van der Waals surface area (Å²) in [4.78, 5) is 23.8. The van der Waals surface area contributed by atoms with E-state index in [2.05, 4.69) is 26.1 Å². The van der Waals surface area contributed by atoms with Crippen LogP contribution in [0.4, 0.5) is 5.69 Å². The predicted octanol–water partition coefficient (Wildman–Crippen LogP) is 2.97. The molecule has 0 aliphatic heterocycles. The first-order chi connectivity index (χ1) is 12.9. The van der Waals surface area contributed by atoms with Crippen LogP contribution in [0.5, 0.6) is 5.75 Å². The van der Waals surface area contributed by atoms with Crippen molar-refractivity contribution in [3.05, 3.63) is 24.3 Å². The van der Waals surface area contributed by atoms with Gasteiger partial charge in [-0.3, -0.25) is 4.79 Å². The van der Waals surface area contributed by atoms with Gasteiger partial charge >= 0.3 is 5.97 Å². The van der Waals surface area contributed by atoms with Gasteiger partial charge in [-0.1, -0.05) is 40.0 Å². The molecule has 0 bridgehead atoms. The molecule has 1 N–H and O–H groups in total. The Morgan fingerprint density at radius 1 is 0.893 bits per heavy atom. The van der Waals surface area contributed by atoms with Crippen molar-refractivity contribution in [1.29, 1.82) is 0 Å². The van der Waals surface area contributed by atoms with Crippen molar-refractivity contribution in [2.24, 2.45) is 0 Å². The Morgan fingerprint density at radius 3 is 1.75 bits per heavy atom. The first-order valence-corrected chi connectivity index (χ1v) is 12.9. The van der Waals surface area contributed by atoms with Crippen LogP contribution in [0.25, 0.3) is 0 Å². The smallest absolute Gasteiger partial charge is 0.349 e. The lowest BCUT2D eigenvalue weighted by atomic mass is 10.3. The molecular formula is C22H37ClNO3P. The second-order valence-corrected chi connectivity index (χ2v) is 11.8. The molecule has 0 saturated carbocycles. The number of rotatable bonds is 13. The molecule has 6 heteroatoms. The summed E-state index contributed by atoms with van der Waals surface area (Å²) in [6.45, 7) is 8.15. The summed E-state index contributed by atoms with van der Waals surface area (Å²) in [7, 11) is -1.30. The van der Waals surface area contributed by atoms with Crippen molar-refractivity contribution in [1.82, 2.24) is 0 Å². The number of hydrogen-bond donors (Lipinski definition) is 1. The van der Waals surface area contributed by atoms with Crippen LogP contribution in [-0.2, 0) is 9.59 Å². The van der Waals surface area contributed by atoms with E-state index in [0.717, 1.165) is 0 Å². The van der Waals surface area contributed by atoms with Crippen LogP contribution in [0, 0.1) is 0 Å². The standard InChI is InChI=1S/C22H36NO3P.ClH/c1-5-8-15-27(16-9-6-2,17-10-7-3)18-22(25)26-21-13-11-20(12-14-21)23-19(4)24;/h11-14H,5-10,15-18H2,1-4H3;1H. The van der Waals surface area contributed by atoms with Crippen LogP contribution in [0.2, 0.25) is 0 Å². The summed E-state index contributed by atoms with van der Waals surface area (Å²) >= 11 is 0. The van der Waals surface area contributed by atoms with Gasteiger partial charge < -0.3 is 22.5 Å². The molecule has 160 valence electrons. The second kappa shape index (κ2) is 14.8. The number of unbranched alkanes of at least 4 members (excludes halogenated alkanes) is 3. The molecule has 0 aliphatic rings. The summed E-state index contributed by atoms with van der Waals surface area (Å²) in [5, 5.41) is 2.72.